The molecule has 0 aliphatic heterocycles. The first-order valence-electron chi connectivity index (χ1n) is 8.77. The van der Waals surface area contributed by atoms with Crippen molar-refractivity contribution < 1.29 is 14.1 Å². The zero-order chi connectivity index (χ0) is 20.4. The highest BCUT2D eigenvalue weighted by molar-refractivity contribution is 5.97. The fourth-order valence-corrected chi connectivity index (χ4v) is 3.01. The second-order valence-corrected chi connectivity index (χ2v) is 6.41. The molecule has 8 nitrogen and oxygen atoms in total. The van der Waals surface area contributed by atoms with E-state index < -0.39 is 10.8 Å². The van der Waals surface area contributed by atoms with Gasteiger partial charge in [0, 0.05) is 40.7 Å². The number of nitro groups is 1. The average Bonchev–Trinajstić information content (AvgIpc) is 3.31. The third kappa shape index (κ3) is 3.77. The second-order valence-electron chi connectivity index (χ2n) is 6.41. The van der Waals surface area contributed by atoms with E-state index in [0.29, 0.717) is 11.0 Å². The molecule has 4 aromatic rings. The van der Waals surface area contributed by atoms with Crippen LogP contribution in [0.3, 0.4) is 0 Å². The molecule has 29 heavy (non-hydrogen) atoms. The van der Waals surface area contributed by atoms with Crippen LogP contribution >= 0.6 is 0 Å². The van der Waals surface area contributed by atoms with Gasteiger partial charge in [0.1, 0.15) is 5.58 Å². The molecule has 0 radical (unpaired) electrons. The van der Waals surface area contributed by atoms with Crippen LogP contribution in [0.1, 0.15) is 21.8 Å². The number of hydrazone groups is 1. The molecule has 0 spiro atoms. The molecule has 1 amide bonds. The van der Waals surface area contributed by atoms with Crippen LogP contribution in [0.2, 0.25) is 0 Å². The Morgan fingerprint density at radius 1 is 1.17 bits per heavy atom. The molecule has 4 rings (SSSR count). The highest BCUT2D eigenvalue weighted by Crippen LogP contribution is 2.24. The van der Waals surface area contributed by atoms with E-state index in [1.165, 1.54) is 30.5 Å². The first-order chi connectivity index (χ1) is 14.0. The molecule has 1 N–H and O–H groups in total. The van der Waals surface area contributed by atoms with Crippen molar-refractivity contribution in [2.75, 3.05) is 0 Å². The summed E-state index contributed by atoms with van der Waals surface area (Å²) in [5.74, 6) is -0.519. The van der Waals surface area contributed by atoms with E-state index >= 15 is 0 Å². The summed E-state index contributed by atoms with van der Waals surface area (Å²) in [6.07, 6.45) is 3.46. The van der Waals surface area contributed by atoms with Gasteiger partial charge in [-0.1, -0.05) is 18.2 Å². The highest BCUT2D eigenvalue weighted by Gasteiger charge is 2.14. The smallest absolute Gasteiger partial charge is 0.307 e. The maximum Gasteiger partial charge on any atom is 0.307 e. The van der Waals surface area contributed by atoms with Gasteiger partial charge in [-0.3, -0.25) is 14.9 Å². The van der Waals surface area contributed by atoms with Crippen molar-refractivity contribution in [3.8, 4) is 5.69 Å². The molecule has 0 bridgehead atoms. The number of benzene rings is 2. The van der Waals surface area contributed by atoms with Gasteiger partial charge in [0.2, 0.25) is 0 Å². The Kier molecular flexibility index (Phi) is 4.66. The van der Waals surface area contributed by atoms with Crippen molar-refractivity contribution in [3.63, 3.8) is 0 Å². The Hall–Kier alpha value is -4.20. The maximum atomic E-state index is 12.3. The number of aryl methyl sites for hydroxylation is 1. The van der Waals surface area contributed by atoms with Crippen LogP contribution in [-0.4, -0.2) is 21.6 Å². The number of hydrogen-bond donors (Lipinski definition) is 1. The summed E-state index contributed by atoms with van der Waals surface area (Å²) >= 11 is 0. The van der Waals surface area contributed by atoms with Crippen LogP contribution in [0.5, 0.6) is 0 Å². The van der Waals surface area contributed by atoms with E-state index in [4.69, 9.17) is 4.42 Å². The zero-order valence-electron chi connectivity index (χ0n) is 15.4. The molecule has 2 heterocycles. The predicted molar refractivity (Wildman–Crippen MR) is 108 cm³/mol. The second kappa shape index (κ2) is 7.43. The van der Waals surface area contributed by atoms with Gasteiger partial charge in [0.05, 0.1) is 11.1 Å². The van der Waals surface area contributed by atoms with Gasteiger partial charge in [-0.05, 0) is 37.3 Å². The van der Waals surface area contributed by atoms with Crippen LogP contribution in [0.25, 0.3) is 16.7 Å². The number of para-hydroxylation sites is 1. The third-order valence-corrected chi connectivity index (χ3v) is 4.38. The van der Waals surface area contributed by atoms with E-state index in [1.54, 1.807) is 0 Å². The normalized spacial score (nSPS) is 11.2. The number of hydrogen-bond acceptors (Lipinski definition) is 5. The van der Waals surface area contributed by atoms with Gasteiger partial charge in [0.25, 0.3) is 5.69 Å². The molecule has 8 heteroatoms. The molecular weight excluding hydrogens is 372 g/mol. The summed E-state index contributed by atoms with van der Waals surface area (Å²) < 4.78 is 7.46. The maximum absolute atomic E-state index is 12.3. The summed E-state index contributed by atoms with van der Waals surface area (Å²) in [5, 5.41) is 15.3. The van der Waals surface area contributed by atoms with Gasteiger partial charge in [-0.15, -0.1) is 0 Å². The number of amides is 1. The van der Waals surface area contributed by atoms with Crippen molar-refractivity contribution in [1.82, 2.24) is 9.99 Å². The SMILES string of the molecule is Cc1cc(/C=N\NC(=O)c2cc3cc([N+](=O)[O-])ccc3o2)cn1-c1ccccc1. The fourth-order valence-electron chi connectivity index (χ4n) is 3.01. The summed E-state index contributed by atoms with van der Waals surface area (Å²) in [5.41, 5.74) is 5.62. The fraction of sp³-hybridized carbons (Fsp3) is 0.0476. The summed E-state index contributed by atoms with van der Waals surface area (Å²) in [6, 6.07) is 17.4. The minimum absolute atomic E-state index is 0.0238. The molecule has 2 aromatic heterocycles. The molecule has 0 atom stereocenters. The van der Waals surface area contributed by atoms with Crippen LogP contribution < -0.4 is 5.43 Å². The van der Waals surface area contributed by atoms with Crippen LogP contribution in [-0.2, 0) is 0 Å². The third-order valence-electron chi connectivity index (χ3n) is 4.38. The number of furan rings is 1. The Morgan fingerprint density at radius 2 is 1.97 bits per heavy atom. The molecule has 0 saturated heterocycles. The van der Waals surface area contributed by atoms with Crippen molar-refractivity contribution in [3.05, 3.63) is 94.0 Å². The standard InChI is InChI=1S/C21H16N4O4/c1-14-9-15(13-24(14)17-5-3-2-4-6-17)12-22-23-21(26)20-11-16-10-18(25(27)28)7-8-19(16)29-20/h2-13H,1H3,(H,23,26)/b22-12-. The molecule has 0 aliphatic rings. The molecule has 0 aliphatic carbocycles. The lowest BCUT2D eigenvalue weighted by atomic mass is 10.2. The Labute approximate surface area is 165 Å². The molecule has 0 saturated carbocycles. The molecule has 144 valence electrons. The van der Waals surface area contributed by atoms with Gasteiger partial charge in [-0.25, -0.2) is 5.43 Å². The topological polar surface area (TPSA) is 103 Å². The molecule has 2 aromatic carbocycles. The first-order valence-corrected chi connectivity index (χ1v) is 8.77. The first kappa shape index (κ1) is 18.2. The Bertz CT molecular complexity index is 1240. The van der Waals surface area contributed by atoms with Gasteiger partial charge in [0.15, 0.2) is 5.76 Å². The number of carbonyl (C=O) groups is 1. The number of aromatic nitrogens is 1. The largest absolute Gasteiger partial charge is 0.451 e. The van der Waals surface area contributed by atoms with E-state index in [-0.39, 0.29) is 11.4 Å². The van der Waals surface area contributed by atoms with Gasteiger partial charge >= 0.3 is 5.91 Å². The van der Waals surface area contributed by atoms with Crippen LogP contribution in [0.15, 0.2) is 76.4 Å². The van der Waals surface area contributed by atoms with Gasteiger partial charge in [-0.2, -0.15) is 5.10 Å². The number of nitrogens with one attached hydrogen (secondary N) is 1. The number of carbonyl (C=O) groups excluding carboxylic acids is 1. The minimum Gasteiger partial charge on any atom is -0.451 e. The molecular formula is C21H16N4O4. The van der Waals surface area contributed by atoms with E-state index in [1.807, 2.05) is 54.1 Å². The van der Waals surface area contributed by atoms with E-state index in [2.05, 4.69) is 10.5 Å². The molecule has 0 fully saturated rings. The number of fused-ring (bicyclic) bond motifs is 1. The van der Waals surface area contributed by atoms with Crippen molar-refractivity contribution in [2.45, 2.75) is 6.92 Å². The van der Waals surface area contributed by atoms with Crippen LogP contribution in [0.4, 0.5) is 5.69 Å². The van der Waals surface area contributed by atoms with Crippen LogP contribution in [0, 0.1) is 17.0 Å². The van der Waals surface area contributed by atoms with Crippen molar-refractivity contribution in [1.29, 1.82) is 0 Å². The minimum atomic E-state index is -0.542. The lowest BCUT2D eigenvalue weighted by molar-refractivity contribution is -0.384. The number of rotatable bonds is 5. The van der Waals surface area contributed by atoms with Crippen molar-refractivity contribution >= 4 is 28.8 Å². The lowest BCUT2D eigenvalue weighted by Crippen LogP contribution is -2.16. The highest BCUT2D eigenvalue weighted by atomic mass is 16.6. The average molecular weight is 388 g/mol. The number of nitro benzene ring substituents is 1. The Morgan fingerprint density at radius 3 is 2.72 bits per heavy atom. The molecule has 0 unspecified atom stereocenters. The van der Waals surface area contributed by atoms with E-state index in [9.17, 15) is 14.9 Å². The number of non-ortho nitro benzene ring substituents is 1. The lowest BCUT2D eigenvalue weighted by Gasteiger charge is -2.04. The Balaban J connectivity index is 1.48. The summed E-state index contributed by atoms with van der Waals surface area (Å²) in [6.45, 7) is 1.98. The quantitative estimate of drug-likeness (QED) is 0.314. The monoisotopic (exact) mass is 388 g/mol. The van der Waals surface area contributed by atoms with Gasteiger partial charge < -0.3 is 8.98 Å². The van der Waals surface area contributed by atoms with Crippen molar-refractivity contribution in [2.24, 2.45) is 5.10 Å². The summed E-state index contributed by atoms with van der Waals surface area (Å²) in [4.78, 5) is 22.6. The number of nitrogens with zero attached hydrogens (tertiary/aromatic N) is 3. The summed E-state index contributed by atoms with van der Waals surface area (Å²) in [7, 11) is 0. The zero-order valence-corrected chi connectivity index (χ0v) is 15.4. The van der Waals surface area contributed by atoms with E-state index in [0.717, 1.165) is 16.9 Å². The predicted octanol–water partition coefficient (Wildman–Crippen LogP) is 4.20.